The van der Waals surface area contributed by atoms with Crippen molar-refractivity contribution in [3.05, 3.63) is 90.0 Å². The standard InChI is InChI=1S/C24H25N3O5S2/c1-3-33(28,29)26-20-11-7-10-19(16-20)23-17-24(18-8-5-4-6-9-18)27(25-23)34(30,31)22-14-12-21(32-2)13-15-22/h4-16,24,26H,3,17H2,1-2H3. The van der Waals surface area contributed by atoms with Gasteiger partial charge in [-0.05, 0) is 54.4 Å². The number of sulfonamides is 2. The number of hydrogen-bond donors (Lipinski definition) is 1. The zero-order chi connectivity index (χ0) is 24.3. The van der Waals surface area contributed by atoms with Gasteiger partial charge in [-0.1, -0.05) is 42.5 Å². The van der Waals surface area contributed by atoms with Gasteiger partial charge >= 0.3 is 0 Å². The number of nitrogens with zero attached hydrogens (tertiary/aromatic N) is 2. The monoisotopic (exact) mass is 499 g/mol. The SMILES string of the molecule is CCS(=O)(=O)Nc1cccc(C2=NN(S(=O)(=O)c3ccc(OC)cc3)C(c3ccccc3)C2)c1. The molecule has 0 aliphatic carbocycles. The number of benzene rings is 3. The van der Waals surface area contributed by atoms with Crippen LogP contribution in [0.15, 0.2) is 88.9 Å². The van der Waals surface area contributed by atoms with Crippen molar-refractivity contribution in [2.75, 3.05) is 17.6 Å². The number of methoxy groups -OCH3 is 1. The van der Waals surface area contributed by atoms with Gasteiger partial charge in [0.1, 0.15) is 5.75 Å². The molecule has 178 valence electrons. The maximum absolute atomic E-state index is 13.6. The lowest BCUT2D eigenvalue weighted by Gasteiger charge is -2.23. The summed E-state index contributed by atoms with van der Waals surface area (Å²) in [6, 6.07) is 21.7. The topological polar surface area (TPSA) is 105 Å². The fourth-order valence-electron chi connectivity index (χ4n) is 3.68. The van der Waals surface area contributed by atoms with Crippen LogP contribution in [0.25, 0.3) is 0 Å². The number of hydrogen-bond acceptors (Lipinski definition) is 6. The highest BCUT2D eigenvalue weighted by Crippen LogP contribution is 2.37. The summed E-state index contributed by atoms with van der Waals surface area (Å²) in [5, 5.41) is 4.52. The molecule has 0 bridgehead atoms. The van der Waals surface area contributed by atoms with Crippen LogP contribution < -0.4 is 9.46 Å². The van der Waals surface area contributed by atoms with E-state index in [1.54, 1.807) is 43.3 Å². The molecule has 0 saturated heterocycles. The van der Waals surface area contributed by atoms with Gasteiger partial charge in [-0.25, -0.2) is 8.42 Å². The third kappa shape index (κ3) is 4.92. The average Bonchev–Trinajstić information content (AvgIpc) is 3.31. The molecular formula is C24H25N3O5S2. The molecule has 34 heavy (non-hydrogen) atoms. The van der Waals surface area contributed by atoms with E-state index < -0.39 is 26.1 Å². The highest BCUT2D eigenvalue weighted by atomic mass is 32.2. The third-order valence-corrected chi connectivity index (χ3v) is 8.51. The lowest BCUT2D eigenvalue weighted by atomic mass is 9.99. The van der Waals surface area contributed by atoms with E-state index in [0.29, 0.717) is 29.1 Å². The summed E-state index contributed by atoms with van der Waals surface area (Å²) in [6.07, 6.45) is 0.337. The molecule has 10 heteroatoms. The van der Waals surface area contributed by atoms with Gasteiger partial charge in [0, 0.05) is 12.1 Å². The summed E-state index contributed by atoms with van der Waals surface area (Å²) in [5.41, 5.74) is 2.39. The van der Waals surface area contributed by atoms with Crippen LogP contribution in [-0.4, -0.2) is 39.8 Å². The zero-order valence-electron chi connectivity index (χ0n) is 18.7. The Morgan fingerprint density at radius 1 is 0.971 bits per heavy atom. The average molecular weight is 500 g/mol. The van der Waals surface area contributed by atoms with E-state index in [0.717, 1.165) is 9.98 Å². The molecule has 0 saturated carbocycles. The van der Waals surface area contributed by atoms with Crippen molar-refractivity contribution in [3.8, 4) is 5.75 Å². The van der Waals surface area contributed by atoms with E-state index in [4.69, 9.17) is 4.74 Å². The van der Waals surface area contributed by atoms with E-state index in [1.165, 1.54) is 19.2 Å². The van der Waals surface area contributed by atoms with Gasteiger partial charge in [-0.2, -0.15) is 17.9 Å². The van der Waals surface area contributed by atoms with Crippen LogP contribution in [0.4, 0.5) is 5.69 Å². The van der Waals surface area contributed by atoms with Crippen molar-refractivity contribution in [3.63, 3.8) is 0 Å². The number of ether oxygens (including phenoxy) is 1. The summed E-state index contributed by atoms with van der Waals surface area (Å²) >= 11 is 0. The summed E-state index contributed by atoms with van der Waals surface area (Å²) in [4.78, 5) is 0.101. The molecule has 3 aromatic carbocycles. The highest BCUT2D eigenvalue weighted by Gasteiger charge is 2.37. The summed E-state index contributed by atoms with van der Waals surface area (Å²) in [5.74, 6) is 0.498. The molecule has 0 amide bonds. The number of nitrogens with one attached hydrogen (secondary N) is 1. The second-order valence-electron chi connectivity index (χ2n) is 7.72. The van der Waals surface area contributed by atoms with Crippen LogP contribution in [0.1, 0.15) is 30.5 Å². The molecular weight excluding hydrogens is 474 g/mol. The van der Waals surface area contributed by atoms with Crippen molar-refractivity contribution in [2.24, 2.45) is 5.10 Å². The van der Waals surface area contributed by atoms with Crippen molar-refractivity contribution in [1.82, 2.24) is 4.41 Å². The van der Waals surface area contributed by atoms with Gasteiger partial charge < -0.3 is 4.74 Å². The van der Waals surface area contributed by atoms with Crippen molar-refractivity contribution in [2.45, 2.75) is 24.3 Å². The first-order valence-corrected chi connectivity index (χ1v) is 13.7. The van der Waals surface area contributed by atoms with Crippen LogP contribution >= 0.6 is 0 Å². The van der Waals surface area contributed by atoms with E-state index in [-0.39, 0.29) is 10.6 Å². The summed E-state index contributed by atoms with van der Waals surface area (Å²) in [7, 11) is -5.90. The van der Waals surface area contributed by atoms with E-state index >= 15 is 0 Å². The minimum atomic E-state index is -3.97. The molecule has 4 rings (SSSR count). The summed E-state index contributed by atoms with van der Waals surface area (Å²) in [6.45, 7) is 1.56. The Balaban J connectivity index is 1.75. The van der Waals surface area contributed by atoms with E-state index in [1.807, 2.05) is 30.3 Å². The van der Waals surface area contributed by atoms with Crippen LogP contribution in [0.2, 0.25) is 0 Å². The minimum Gasteiger partial charge on any atom is -0.497 e. The van der Waals surface area contributed by atoms with Gasteiger partial charge in [0.2, 0.25) is 10.0 Å². The largest absolute Gasteiger partial charge is 0.497 e. The third-order valence-electron chi connectivity index (χ3n) is 5.51. The molecule has 0 spiro atoms. The van der Waals surface area contributed by atoms with Crippen molar-refractivity contribution in [1.29, 1.82) is 0 Å². The molecule has 3 aromatic rings. The number of anilines is 1. The molecule has 0 radical (unpaired) electrons. The van der Waals surface area contributed by atoms with E-state index in [2.05, 4.69) is 9.82 Å². The van der Waals surface area contributed by atoms with Gasteiger partial charge in [0.15, 0.2) is 0 Å². The van der Waals surface area contributed by atoms with Crippen LogP contribution in [0, 0.1) is 0 Å². The molecule has 0 fully saturated rings. The molecule has 1 N–H and O–H groups in total. The molecule has 8 nitrogen and oxygen atoms in total. The molecule has 1 aliphatic heterocycles. The second-order valence-corrected chi connectivity index (χ2v) is 11.5. The van der Waals surface area contributed by atoms with Gasteiger partial charge in [0.05, 0.1) is 29.5 Å². The van der Waals surface area contributed by atoms with Crippen LogP contribution in [-0.2, 0) is 20.0 Å². The number of rotatable bonds is 8. The Hall–Kier alpha value is -3.37. The lowest BCUT2D eigenvalue weighted by molar-refractivity contribution is 0.371. The summed E-state index contributed by atoms with van der Waals surface area (Å²) < 4.78 is 59.9. The predicted molar refractivity (Wildman–Crippen MR) is 132 cm³/mol. The smallest absolute Gasteiger partial charge is 0.279 e. The Morgan fingerprint density at radius 3 is 2.32 bits per heavy atom. The normalized spacial score (nSPS) is 16.2. The Labute approximate surface area is 200 Å². The first-order valence-electron chi connectivity index (χ1n) is 10.7. The second kappa shape index (κ2) is 9.47. The molecule has 1 atom stereocenters. The van der Waals surface area contributed by atoms with Crippen molar-refractivity contribution < 1.29 is 21.6 Å². The zero-order valence-corrected chi connectivity index (χ0v) is 20.4. The van der Waals surface area contributed by atoms with Gasteiger partial charge in [0.25, 0.3) is 10.0 Å². The fraction of sp³-hybridized carbons (Fsp3) is 0.208. The van der Waals surface area contributed by atoms with E-state index in [9.17, 15) is 16.8 Å². The Kier molecular flexibility index (Phi) is 6.63. The van der Waals surface area contributed by atoms with Crippen LogP contribution in [0.5, 0.6) is 5.75 Å². The first kappa shape index (κ1) is 23.8. The highest BCUT2D eigenvalue weighted by molar-refractivity contribution is 7.92. The lowest BCUT2D eigenvalue weighted by Crippen LogP contribution is -2.27. The van der Waals surface area contributed by atoms with Crippen molar-refractivity contribution >= 4 is 31.4 Å². The first-order chi connectivity index (χ1) is 16.2. The van der Waals surface area contributed by atoms with Gasteiger partial charge in [-0.3, -0.25) is 4.72 Å². The fourth-order valence-corrected chi connectivity index (χ4v) is 5.74. The maximum Gasteiger partial charge on any atom is 0.279 e. The quantitative estimate of drug-likeness (QED) is 0.504. The Morgan fingerprint density at radius 2 is 1.68 bits per heavy atom. The molecule has 1 unspecified atom stereocenters. The molecule has 0 aromatic heterocycles. The molecule has 1 heterocycles. The predicted octanol–water partition coefficient (Wildman–Crippen LogP) is 4.00. The molecule has 1 aliphatic rings. The number of hydrazone groups is 1. The Bertz CT molecular complexity index is 1400. The van der Waals surface area contributed by atoms with Gasteiger partial charge in [-0.15, -0.1) is 0 Å². The van der Waals surface area contributed by atoms with Crippen LogP contribution in [0.3, 0.4) is 0 Å². The minimum absolute atomic E-state index is 0.0534. The maximum atomic E-state index is 13.6.